The smallest absolute Gasteiger partial charge is 0.254 e. The maximum absolute atomic E-state index is 13.3. The highest BCUT2D eigenvalue weighted by Gasteiger charge is 2.38. The number of fused-ring (bicyclic) bond motifs is 2. The van der Waals surface area contributed by atoms with Gasteiger partial charge in [-0.1, -0.05) is 48.5 Å². The van der Waals surface area contributed by atoms with Crippen molar-refractivity contribution in [3.63, 3.8) is 0 Å². The van der Waals surface area contributed by atoms with Gasteiger partial charge >= 0.3 is 0 Å². The van der Waals surface area contributed by atoms with Crippen molar-refractivity contribution in [2.24, 2.45) is 0 Å². The SMILES string of the molecule is Cl.O=C(c1ccccc1Cc1ccccc1)N1C2CCNCC1CC2. The Bertz CT molecular complexity index is 705. The molecule has 4 heteroatoms. The Labute approximate surface area is 155 Å². The van der Waals surface area contributed by atoms with Gasteiger partial charge in [0.25, 0.3) is 5.91 Å². The van der Waals surface area contributed by atoms with Gasteiger partial charge in [-0.3, -0.25) is 4.79 Å². The summed E-state index contributed by atoms with van der Waals surface area (Å²) in [5, 5.41) is 3.48. The van der Waals surface area contributed by atoms with Crippen LogP contribution in [0.15, 0.2) is 54.6 Å². The fraction of sp³-hybridized carbons (Fsp3) is 0.381. The predicted octanol–water partition coefficient (Wildman–Crippen LogP) is 3.67. The van der Waals surface area contributed by atoms with Crippen LogP contribution in [0.2, 0.25) is 0 Å². The van der Waals surface area contributed by atoms with Crippen molar-refractivity contribution >= 4 is 18.3 Å². The second kappa shape index (κ2) is 8.03. The number of amides is 1. The summed E-state index contributed by atoms with van der Waals surface area (Å²) in [6, 6.07) is 19.3. The molecule has 0 aliphatic carbocycles. The maximum atomic E-state index is 13.3. The topological polar surface area (TPSA) is 32.3 Å². The first-order valence-electron chi connectivity index (χ1n) is 8.98. The molecule has 0 radical (unpaired) electrons. The monoisotopic (exact) mass is 356 g/mol. The molecule has 2 saturated heterocycles. The number of hydrogen-bond acceptors (Lipinski definition) is 2. The molecule has 2 aromatic rings. The summed E-state index contributed by atoms with van der Waals surface area (Å²) in [6.07, 6.45) is 4.16. The van der Waals surface area contributed by atoms with Crippen molar-refractivity contribution in [2.75, 3.05) is 13.1 Å². The summed E-state index contributed by atoms with van der Waals surface area (Å²) in [5.74, 6) is 0.220. The summed E-state index contributed by atoms with van der Waals surface area (Å²) in [5.41, 5.74) is 3.25. The Hall–Kier alpha value is -1.84. The molecule has 0 spiro atoms. The van der Waals surface area contributed by atoms with Crippen LogP contribution in [0.25, 0.3) is 0 Å². The predicted molar refractivity (Wildman–Crippen MR) is 103 cm³/mol. The van der Waals surface area contributed by atoms with Crippen LogP contribution in [0.5, 0.6) is 0 Å². The standard InChI is InChI=1S/C21H24N2O.ClH/c24-21(23-18-10-11-19(23)15-22-13-12-18)20-9-5-4-8-17(20)14-16-6-2-1-3-7-16;/h1-9,18-19,22H,10-15H2;1H. The fourth-order valence-corrected chi connectivity index (χ4v) is 4.15. The van der Waals surface area contributed by atoms with Gasteiger partial charge < -0.3 is 10.2 Å². The minimum atomic E-state index is 0. The van der Waals surface area contributed by atoms with Crippen LogP contribution in [-0.4, -0.2) is 36.0 Å². The van der Waals surface area contributed by atoms with Crippen molar-refractivity contribution in [3.05, 3.63) is 71.3 Å². The third-order valence-corrected chi connectivity index (χ3v) is 5.37. The molecule has 0 aromatic heterocycles. The molecule has 2 fully saturated rings. The summed E-state index contributed by atoms with van der Waals surface area (Å²) in [7, 11) is 0. The number of benzene rings is 2. The van der Waals surface area contributed by atoms with Gasteiger partial charge in [0.2, 0.25) is 0 Å². The number of nitrogens with one attached hydrogen (secondary N) is 1. The minimum Gasteiger partial charge on any atom is -0.331 e. The number of nitrogens with zero attached hydrogens (tertiary/aromatic N) is 1. The van der Waals surface area contributed by atoms with E-state index in [0.717, 1.165) is 49.9 Å². The quantitative estimate of drug-likeness (QED) is 0.910. The zero-order valence-corrected chi connectivity index (χ0v) is 15.2. The summed E-state index contributed by atoms with van der Waals surface area (Å²) < 4.78 is 0. The molecule has 0 saturated carbocycles. The lowest BCUT2D eigenvalue weighted by molar-refractivity contribution is 0.0679. The van der Waals surface area contributed by atoms with Crippen molar-refractivity contribution in [3.8, 4) is 0 Å². The molecule has 2 aliphatic rings. The average molecular weight is 357 g/mol. The summed E-state index contributed by atoms with van der Waals surface area (Å²) >= 11 is 0. The fourth-order valence-electron chi connectivity index (χ4n) is 4.15. The number of hydrogen-bond donors (Lipinski definition) is 1. The Kier molecular flexibility index (Phi) is 5.77. The first-order valence-corrected chi connectivity index (χ1v) is 8.98. The van der Waals surface area contributed by atoms with E-state index in [1.54, 1.807) is 0 Å². The molecule has 25 heavy (non-hydrogen) atoms. The first kappa shape index (κ1) is 18.0. The van der Waals surface area contributed by atoms with Gasteiger partial charge in [-0.25, -0.2) is 0 Å². The van der Waals surface area contributed by atoms with Crippen LogP contribution in [-0.2, 0) is 6.42 Å². The van der Waals surface area contributed by atoms with Gasteiger partial charge in [-0.05, 0) is 49.4 Å². The molecule has 1 amide bonds. The normalized spacial score (nSPS) is 22.2. The number of carbonyl (C=O) groups excluding carboxylic acids is 1. The van der Waals surface area contributed by atoms with Gasteiger partial charge in [-0.15, -0.1) is 12.4 Å². The molecule has 4 rings (SSSR count). The van der Waals surface area contributed by atoms with Crippen LogP contribution < -0.4 is 5.32 Å². The van der Waals surface area contributed by atoms with Crippen LogP contribution in [0.3, 0.4) is 0 Å². The zero-order valence-electron chi connectivity index (χ0n) is 14.4. The molecule has 2 bridgehead atoms. The lowest BCUT2D eigenvalue weighted by Crippen LogP contribution is -2.42. The van der Waals surface area contributed by atoms with E-state index in [4.69, 9.17) is 0 Å². The van der Waals surface area contributed by atoms with Crippen molar-refractivity contribution in [2.45, 2.75) is 37.8 Å². The van der Waals surface area contributed by atoms with Crippen LogP contribution in [0.1, 0.15) is 40.7 Å². The van der Waals surface area contributed by atoms with Gasteiger partial charge in [-0.2, -0.15) is 0 Å². The second-order valence-electron chi connectivity index (χ2n) is 6.91. The van der Waals surface area contributed by atoms with Crippen molar-refractivity contribution < 1.29 is 4.79 Å². The molecule has 1 N–H and O–H groups in total. The van der Waals surface area contributed by atoms with E-state index in [9.17, 15) is 4.79 Å². The van der Waals surface area contributed by atoms with E-state index in [2.05, 4.69) is 40.5 Å². The maximum Gasteiger partial charge on any atom is 0.254 e. The zero-order chi connectivity index (χ0) is 16.4. The van der Waals surface area contributed by atoms with Crippen LogP contribution in [0, 0.1) is 0 Å². The Morgan fingerprint density at radius 3 is 2.52 bits per heavy atom. The van der Waals surface area contributed by atoms with E-state index in [1.807, 2.05) is 24.3 Å². The van der Waals surface area contributed by atoms with E-state index in [-0.39, 0.29) is 18.3 Å². The molecule has 2 heterocycles. The van der Waals surface area contributed by atoms with E-state index >= 15 is 0 Å². The molecular weight excluding hydrogens is 332 g/mol. The highest BCUT2D eigenvalue weighted by Crippen LogP contribution is 2.30. The second-order valence-corrected chi connectivity index (χ2v) is 6.91. The molecule has 2 aliphatic heterocycles. The van der Waals surface area contributed by atoms with Crippen molar-refractivity contribution in [1.82, 2.24) is 10.2 Å². The third kappa shape index (κ3) is 3.73. The highest BCUT2D eigenvalue weighted by molar-refractivity contribution is 5.96. The lowest BCUT2D eigenvalue weighted by Gasteiger charge is -2.28. The molecule has 2 aromatic carbocycles. The average Bonchev–Trinajstić information content (AvgIpc) is 2.88. The largest absolute Gasteiger partial charge is 0.331 e. The van der Waals surface area contributed by atoms with Gasteiger partial charge in [0.1, 0.15) is 0 Å². The summed E-state index contributed by atoms with van der Waals surface area (Å²) in [6.45, 7) is 1.96. The molecular formula is C21H25ClN2O. The molecule has 132 valence electrons. The Morgan fingerprint density at radius 1 is 0.960 bits per heavy atom. The van der Waals surface area contributed by atoms with E-state index in [1.165, 1.54) is 5.56 Å². The minimum absolute atomic E-state index is 0. The van der Waals surface area contributed by atoms with Crippen LogP contribution in [0.4, 0.5) is 0 Å². The van der Waals surface area contributed by atoms with Crippen molar-refractivity contribution in [1.29, 1.82) is 0 Å². The Morgan fingerprint density at radius 2 is 1.68 bits per heavy atom. The van der Waals surface area contributed by atoms with Gasteiger partial charge in [0, 0.05) is 24.2 Å². The van der Waals surface area contributed by atoms with E-state index in [0.29, 0.717) is 12.1 Å². The third-order valence-electron chi connectivity index (χ3n) is 5.37. The van der Waals surface area contributed by atoms with Crippen LogP contribution >= 0.6 is 12.4 Å². The first-order chi connectivity index (χ1) is 11.8. The Balaban J connectivity index is 0.00000182. The number of halogens is 1. The number of carbonyl (C=O) groups is 1. The van der Waals surface area contributed by atoms with E-state index < -0.39 is 0 Å². The van der Waals surface area contributed by atoms with Gasteiger partial charge in [0.05, 0.1) is 0 Å². The molecule has 2 unspecified atom stereocenters. The lowest BCUT2D eigenvalue weighted by atomic mass is 9.98. The number of rotatable bonds is 3. The molecule has 3 nitrogen and oxygen atoms in total. The highest BCUT2D eigenvalue weighted by atomic mass is 35.5. The summed E-state index contributed by atoms with van der Waals surface area (Å²) in [4.78, 5) is 15.5. The molecule has 2 atom stereocenters. The van der Waals surface area contributed by atoms with Gasteiger partial charge in [0.15, 0.2) is 0 Å².